The molecular weight excluding hydrogens is 264 g/mol. The van der Waals surface area contributed by atoms with E-state index < -0.39 is 0 Å². The van der Waals surface area contributed by atoms with Crippen molar-refractivity contribution in [1.82, 2.24) is 10.6 Å². The second-order valence-corrected chi connectivity index (χ2v) is 6.21. The Bertz CT molecular complexity index is 476. The molecule has 4 heteroatoms. The van der Waals surface area contributed by atoms with Crippen LogP contribution in [-0.2, 0) is 4.79 Å². The van der Waals surface area contributed by atoms with Crippen LogP contribution in [0.2, 0.25) is 0 Å². The van der Waals surface area contributed by atoms with E-state index in [-0.39, 0.29) is 17.4 Å². The van der Waals surface area contributed by atoms with Gasteiger partial charge in [0.25, 0.3) is 0 Å². The van der Waals surface area contributed by atoms with Crippen molar-refractivity contribution in [3.63, 3.8) is 0 Å². The van der Waals surface area contributed by atoms with Crippen LogP contribution in [0.3, 0.4) is 0 Å². The fraction of sp³-hybridized carbons (Fsp3) is 0.588. The van der Waals surface area contributed by atoms with Crippen molar-refractivity contribution in [2.45, 2.75) is 33.2 Å². The smallest absolute Gasteiger partial charge is 0.228 e. The number of carbonyl (C=O) groups excluding carboxylic acids is 1. The van der Waals surface area contributed by atoms with E-state index >= 15 is 0 Å². The molecule has 1 fully saturated rings. The van der Waals surface area contributed by atoms with Crippen molar-refractivity contribution in [1.29, 1.82) is 0 Å². The van der Waals surface area contributed by atoms with E-state index in [0.29, 0.717) is 5.92 Å². The first kappa shape index (κ1) is 15.8. The van der Waals surface area contributed by atoms with Gasteiger partial charge in [-0.1, -0.05) is 26.0 Å². The number of nitrogens with one attached hydrogen (secondary N) is 2. The summed E-state index contributed by atoms with van der Waals surface area (Å²) in [5, 5.41) is 6.50. The number of carbonyl (C=O) groups is 1. The van der Waals surface area contributed by atoms with Crippen LogP contribution in [0.25, 0.3) is 0 Å². The highest BCUT2D eigenvalue weighted by Crippen LogP contribution is 2.35. The molecule has 21 heavy (non-hydrogen) atoms. The van der Waals surface area contributed by atoms with Gasteiger partial charge in [-0.05, 0) is 43.5 Å². The predicted molar refractivity (Wildman–Crippen MR) is 84.3 cm³/mol. The lowest BCUT2D eigenvalue weighted by Crippen LogP contribution is -2.46. The lowest BCUT2D eigenvalue weighted by atomic mass is 9.75. The van der Waals surface area contributed by atoms with Crippen LogP contribution in [0.1, 0.15) is 38.8 Å². The molecule has 116 valence electrons. The van der Waals surface area contributed by atoms with Crippen LogP contribution in [0, 0.1) is 11.3 Å². The van der Waals surface area contributed by atoms with Crippen molar-refractivity contribution in [3.05, 3.63) is 29.8 Å². The van der Waals surface area contributed by atoms with Crippen LogP contribution >= 0.6 is 0 Å². The van der Waals surface area contributed by atoms with Crippen molar-refractivity contribution in [2.24, 2.45) is 11.3 Å². The maximum Gasteiger partial charge on any atom is 0.228 e. The summed E-state index contributed by atoms with van der Waals surface area (Å²) in [5.41, 5.74) is 0.815. The summed E-state index contributed by atoms with van der Waals surface area (Å²) in [4.78, 5) is 12.7. The molecule has 1 heterocycles. The summed E-state index contributed by atoms with van der Waals surface area (Å²) in [6, 6.07) is 7.85. The second-order valence-electron chi connectivity index (χ2n) is 6.21. The van der Waals surface area contributed by atoms with E-state index in [4.69, 9.17) is 4.74 Å². The fourth-order valence-corrected chi connectivity index (χ4v) is 2.98. The molecule has 1 aliphatic rings. The molecule has 1 amide bonds. The lowest BCUT2D eigenvalue weighted by molar-refractivity contribution is -0.133. The average molecular weight is 290 g/mol. The van der Waals surface area contributed by atoms with Crippen LogP contribution in [0.5, 0.6) is 5.75 Å². The molecule has 0 saturated carbocycles. The summed E-state index contributed by atoms with van der Waals surface area (Å²) < 4.78 is 5.16. The molecule has 0 bridgehead atoms. The maximum atomic E-state index is 12.7. The first-order valence-electron chi connectivity index (χ1n) is 7.65. The Morgan fingerprint density at radius 3 is 2.43 bits per heavy atom. The third-order valence-corrected chi connectivity index (χ3v) is 4.71. The van der Waals surface area contributed by atoms with Gasteiger partial charge in [0, 0.05) is 6.54 Å². The Balaban J connectivity index is 2.07. The third kappa shape index (κ3) is 3.21. The monoisotopic (exact) mass is 290 g/mol. The lowest BCUT2D eigenvalue weighted by Gasteiger charge is -2.32. The molecule has 0 aliphatic carbocycles. The van der Waals surface area contributed by atoms with Gasteiger partial charge in [-0.2, -0.15) is 0 Å². The van der Waals surface area contributed by atoms with Crippen molar-refractivity contribution < 1.29 is 9.53 Å². The molecule has 1 unspecified atom stereocenters. The van der Waals surface area contributed by atoms with Gasteiger partial charge in [0.15, 0.2) is 0 Å². The molecule has 2 atom stereocenters. The van der Waals surface area contributed by atoms with E-state index in [0.717, 1.165) is 30.8 Å². The maximum absolute atomic E-state index is 12.7. The highest BCUT2D eigenvalue weighted by atomic mass is 16.5. The Hall–Kier alpha value is -1.55. The standard InChI is InChI=1S/C17H26N2O2/c1-12(2)17(9-10-18-11-17)16(20)19-13(3)14-5-7-15(21-4)8-6-14/h5-8,12-13,18H,9-11H2,1-4H3,(H,19,20)/t13-,17?/m0/s1. The second kappa shape index (κ2) is 6.48. The quantitative estimate of drug-likeness (QED) is 0.876. The van der Waals surface area contributed by atoms with Crippen molar-refractivity contribution >= 4 is 5.91 Å². The summed E-state index contributed by atoms with van der Waals surface area (Å²) in [5.74, 6) is 1.32. The highest BCUT2D eigenvalue weighted by molar-refractivity contribution is 5.84. The molecule has 1 aliphatic heterocycles. The Labute approximate surface area is 127 Å². The number of rotatable bonds is 5. The van der Waals surface area contributed by atoms with Crippen LogP contribution in [0.15, 0.2) is 24.3 Å². The van der Waals surface area contributed by atoms with Gasteiger partial charge in [0.05, 0.1) is 18.6 Å². The Morgan fingerprint density at radius 2 is 1.95 bits per heavy atom. The van der Waals surface area contributed by atoms with Crippen LogP contribution in [0.4, 0.5) is 0 Å². The predicted octanol–water partition coefficient (Wildman–Crippen LogP) is 2.51. The van der Waals surface area contributed by atoms with Crippen LogP contribution < -0.4 is 15.4 Å². The van der Waals surface area contributed by atoms with Gasteiger partial charge in [0.2, 0.25) is 5.91 Å². The summed E-state index contributed by atoms with van der Waals surface area (Å²) in [6.45, 7) is 7.97. The minimum atomic E-state index is -0.277. The number of methoxy groups -OCH3 is 1. The van der Waals surface area contributed by atoms with Gasteiger partial charge < -0.3 is 15.4 Å². The number of ether oxygens (including phenoxy) is 1. The number of hydrogen-bond acceptors (Lipinski definition) is 3. The van der Waals surface area contributed by atoms with Gasteiger partial charge in [0.1, 0.15) is 5.75 Å². The van der Waals surface area contributed by atoms with E-state index in [9.17, 15) is 4.79 Å². The molecule has 1 saturated heterocycles. The molecule has 1 aromatic rings. The van der Waals surface area contributed by atoms with Gasteiger partial charge >= 0.3 is 0 Å². The van der Waals surface area contributed by atoms with Crippen molar-refractivity contribution in [3.8, 4) is 5.75 Å². The van der Waals surface area contributed by atoms with Gasteiger partial charge in [-0.25, -0.2) is 0 Å². The van der Waals surface area contributed by atoms with Crippen molar-refractivity contribution in [2.75, 3.05) is 20.2 Å². The van der Waals surface area contributed by atoms with E-state index in [2.05, 4.69) is 24.5 Å². The first-order valence-corrected chi connectivity index (χ1v) is 7.65. The largest absolute Gasteiger partial charge is 0.497 e. The molecule has 0 radical (unpaired) electrons. The fourth-order valence-electron chi connectivity index (χ4n) is 2.98. The number of benzene rings is 1. The molecule has 0 aromatic heterocycles. The molecule has 2 N–H and O–H groups in total. The Morgan fingerprint density at radius 1 is 1.29 bits per heavy atom. The molecule has 2 rings (SSSR count). The van der Waals surface area contributed by atoms with Crippen LogP contribution in [-0.4, -0.2) is 26.1 Å². The molecule has 0 spiro atoms. The summed E-state index contributed by atoms with van der Waals surface area (Å²) >= 11 is 0. The highest BCUT2D eigenvalue weighted by Gasteiger charge is 2.44. The zero-order valence-corrected chi connectivity index (χ0v) is 13.4. The normalized spacial score (nSPS) is 23.1. The minimum Gasteiger partial charge on any atom is -0.497 e. The molecule has 4 nitrogen and oxygen atoms in total. The van der Waals surface area contributed by atoms with E-state index in [1.54, 1.807) is 7.11 Å². The topological polar surface area (TPSA) is 50.4 Å². The van der Waals surface area contributed by atoms with E-state index in [1.165, 1.54) is 0 Å². The summed E-state index contributed by atoms with van der Waals surface area (Å²) in [6.07, 6.45) is 0.909. The zero-order valence-electron chi connectivity index (χ0n) is 13.4. The molecule has 1 aromatic carbocycles. The molecular formula is C17H26N2O2. The number of amides is 1. The summed E-state index contributed by atoms with van der Waals surface area (Å²) in [7, 11) is 1.65. The third-order valence-electron chi connectivity index (χ3n) is 4.71. The SMILES string of the molecule is COc1ccc([C@H](C)NC(=O)C2(C(C)C)CCNC2)cc1. The van der Waals surface area contributed by atoms with E-state index in [1.807, 2.05) is 31.2 Å². The van der Waals surface area contributed by atoms with Gasteiger partial charge in [-0.3, -0.25) is 4.79 Å². The average Bonchev–Trinajstić information content (AvgIpc) is 2.98. The Kier molecular flexibility index (Phi) is 4.88. The van der Waals surface area contributed by atoms with Gasteiger partial charge in [-0.15, -0.1) is 0 Å². The number of hydrogen-bond donors (Lipinski definition) is 2. The first-order chi connectivity index (χ1) is 9.99. The zero-order chi connectivity index (χ0) is 15.5. The minimum absolute atomic E-state index is 0.000342.